The van der Waals surface area contributed by atoms with Gasteiger partial charge in [-0.25, -0.2) is 0 Å². The Labute approximate surface area is 256 Å². The molecule has 4 nitrogen and oxygen atoms in total. The van der Waals surface area contributed by atoms with Crippen LogP contribution in [0.5, 0.6) is 0 Å². The first-order valence-electron chi connectivity index (χ1n) is 11.4. The van der Waals surface area contributed by atoms with Crippen molar-refractivity contribution >= 4 is 17.7 Å². The normalized spacial score (nSPS) is 17.3. The Morgan fingerprint density at radius 1 is 0.449 bits per heavy atom. The minimum atomic E-state index is -9.70. The Hall–Kier alpha value is -2.01. The fourth-order valence-corrected chi connectivity index (χ4v) is 4.45. The highest BCUT2D eigenvalue weighted by Crippen LogP contribution is 2.68. The summed E-state index contributed by atoms with van der Waals surface area (Å²) in [5, 5.41) is 23.5. The SMILES string of the molecule is O=C(O)CCSC(CO)C(CO)C(F)(F)C(F)(F)C(F)(F)C(F)(F)C(F)(F)C(F)(F)C(F)(F)C(F)(F)C(F)(F)C(F)(F)C(F)(F)C(F)(F)F. The van der Waals surface area contributed by atoms with Crippen molar-refractivity contribution in [3.05, 3.63) is 0 Å². The van der Waals surface area contributed by atoms with Crippen molar-refractivity contribution in [3.8, 4) is 0 Å². The molecule has 0 aromatic carbocycles. The Morgan fingerprint density at radius 3 is 0.939 bits per heavy atom. The zero-order valence-electron chi connectivity index (χ0n) is 22.1. The molecule has 0 heterocycles. The Kier molecular flexibility index (Phi) is 12.7. The highest BCUT2D eigenvalue weighted by Gasteiger charge is 2.99. The van der Waals surface area contributed by atoms with Gasteiger partial charge in [0.05, 0.1) is 25.6 Å². The second-order valence-electron chi connectivity index (χ2n) is 9.39. The van der Waals surface area contributed by atoms with Gasteiger partial charge in [-0.1, -0.05) is 0 Å². The van der Waals surface area contributed by atoms with E-state index in [1.165, 1.54) is 0 Å². The minimum Gasteiger partial charge on any atom is -0.481 e. The van der Waals surface area contributed by atoms with Gasteiger partial charge in [0.25, 0.3) is 0 Å². The molecule has 0 saturated heterocycles. The van der Waals surface area contributed by atoms with Crippen LogP contribution in [0.2, 0.25) is 0 Å². The van der Waals surface area contributed by atoms with Crippen LogP contribution >= 0.6 is 11.8 Å². The van der Waals surface area contributed by atoms with Crippen LogP contribution in [-0.4, -0.2) is 117 Å². The molecule has 2 atom stereocenters. The van der Waals surface area contributed by atoms with E-state index in [9.17, 15) is 115 Å². The summed E-state index contributed by atoms with van der Waals surface area (Å²) in [6, 6.07) is 0. The number of aliphatic carboxylic acids is 1. The van der Waals surface area contributed by atoms with Gasteiger partial charge in [0.1, 0.15) is 0 Å². The number of aliphatic hydroxyl groups is 2. The van der Waals surface area contributed by atoms with Crippen molar-refractivity contribution in [3.63, 3.8) is 0 Å². The average Bonchev–Trinajstić information content (AvgIpc) is 2.90. The fourth-order valence-electron chi connectivity index (χ4n) is 3.26. The smallest absolute Gasteiger partial charge is 0.460 e. The van der Waals surface area contributed by atoms with E-state index in [0.29, 0.717) is 0 Å². The predicted octanol–water partition coefficient (Wildman–Crippen LogP) is 7.71. The molecule has 0 aliphatic carbocycles. The van der Waals surface area contributed by atoms with Gasteiger partial charge in [-0.2, -0.15) is 122 Å². The molecule has 0 rings (SSSR count). The predicted molar refractivity (Wildman–Crippen MR) is 107 cm³/mol. The van der Waals surface area contributed by atoms with Crippen molar-refractivity contribution in [1.82, 2.24) is 0 Å². The number of rotatable bonds is 18. The highest BCUT2D eigenvalue weighted by molar-refractivity contribution is 7.99. The summed E-state index contributed by atoms with van der Waals surface area (Å²) in [5.74, 6) is -107. The maximum atomic E-state index is 14.5. The molecule has 30 heteroatoms. The topological polar surface area (TPSA) is 77.8 Å². The van der Waals surface area contributed by atoms with Gasteiger partial charge < -0.3 is 15.3 Å². The van der Waals surface area contributed by atoms with E-state index < -0.39 is 126 Å². The molecule has 0 aliphatic heterocycles. The third-order valence-corrected chi connectivity index (χ3v) is 7.61. The van der Waals surface area contributed by atoms with Crippen LogP contribution in [0.15, 0.2) is 0 Å². The van der Waals surface area contributed by atoms with Crippen molar-refractivity contribution < 1.29 is 130 Å². The van der Waals surface area contributed by atoms with Gasteiger partial charge in [-0.15, -0.1) is 0 Å². The molecule has 0 radical (unpaired) electrons. The number of hydrogen-bond acceptors (Lipinski definition) is 4. The van der Waals surface area contributed by atoms with Gasteiger partial charge in [-0.05, 0) is 0 Å². The molecule has 0 aliphatic rings. The van der Waals surface area contributed by atoms with E-state index in [1.807, 2.05) is 0 Å². The first kappa shape index (κ1) is 47.0. The highest BCUT2D eigenvalue weighted by atomic mass is 32.2. The zero-order chi connectivity index (χ0) is 40.3. The van der Waals surface area contributed by atoms with Gasteiger partial charge in [-0.3, -0.25) is 4.79 Å². The molecular weight excluding hydrogens is 799 g/mol. The summed E-state index contributed by atoms with van der Waals surface area (Å²) in [5.41, 5.74) is 0. The lowest BCUT2D eigenvalue weighted by Crippen LogP contribution is -2.78. The van der Waals surface area contributed by atoms with Crippen LogP contribution in [0.1, 0.15) is 6.42 Å². The fraction of sp³-hybridized carbons (Fsp3) is 0.947. The van der Waals surface area contributed by atoms with E-state index in [1.54, 1.807) is 0 Å². The number of carboxylic acids is 1. The van der Waals surface area contributed by atoms with Crippen LogP contribution in [-0.2, 0) is 4.79 Å². The maximum Gasteiger partial charge on any atom is 0.460 e. The van der Waals surface area contributed by atoms with Crippen LogP contribution in [0.4, 0.5) is 110 Å². The number of carbonyl (C=O) groups is 1. The summed E-state index contributed by atoms with van der Waals surface area (Å²) in [6.07, 6.45) is -9.39. The molecule has 49 heavy (non-hydrogen) atoms. The molecule has 3 N–H and O–H groups in total. The van der Waals surface area contributed by atoms with E-state index in [-0.39, 0.29) is 0 Å². The standard InChI is InChI=1S/C19H13F25O4S/c20-8(21,5(3-45)6(4-46)49-2-1-7(47)48)9(22,23)10(24,25)11(26,27)12(28,29)13(30,31)14(32,33)15(34,35)16(36,37)17(38,39)18(40,41)19(42,43)44/h5-6,45-46H,1-4H2,(H,47,48). The molecule has 0 fully saturated rings. The molecule has 294 valence electrons. The molecule has 0 aromatic heterocycles. The van der Waals surface area contributed by atoms with Crippen molar-refractivity contribution in [2.75, 3.05) is 19.0 Å². The number of hydrogen-bond donors (Lipinski definition) is 3. The summed E-state index contributed by atoms with van der Waals surface area (Å²) in [6.45, 7) is -4.77. The van der Waals surface area contributed by atoms with Crippen molar-refractivity contribution in [1.29, 1.82) is 0 Å². The number of alkyl halides is 25. The second kappa shape index (κ2) is 13.2. The zero-order valence-corrected chi connectivity index (χ0v) is 22.9. The van der Waals surface area contributed by atoms with Gasteiger partial charge in [0.15, 0.2) is 0 Å². The quantitative estimate of drug-likeness (QED) is 0.124. The molecule has 0 saturated carbocycles. The molecule has 0 spiro atoms. The van der Waals surface area contributed by atoms with Crippen LogP contribution < -0.4 is 0 Å². The Balaban J connectivity index is 7.35. The molecule has 0 bridgehead atoms. The first-order chi connectivity index (χ1) is 21.1. The largest absolute Gasteiger partial charge is 0.481 e. The minimum absolute atomic E-state index is 0.476. The van der Waals surface area contributed by atoms with E-state index in [4.69, 9.17) is 15.3 Å². The maximum absolute atomic E-state index is 14.5. The summed E-state index contributed by atoms with van der Waals surface area (Å²) in [4.78, 5) is 10.4. The summed E-state index contributed by atoms with van der Waals surface area (Å²) in [7, 11) is 0. The summed E-state index contributed by atoms with van der Waals surface area (Å²) >= 11 is -0.476. The lowest BCUT2D eigenvalue weighted by molar-refractivity contribution is -0.482. The molecule has 0 amide bonds. The second-order valence-corrected chi connectivity index (χ2v) is 10.7. The monoisotopic (exact) mass is 812 g/mol. The van der Waals surface area contributed by atoms with Gasteiger partial charge in [0.2, 0.25) is 0 Å². The third kappa shape index (κ3) is 6.50. The van der Waals surface area contributed by atoms with Gasteiger partial charge >= 0.3 is 77.3 Å². The number of carboxylic acid groups (broad SMARTS) is 1. The van der Waals surface area contributed by atoms with Crippen molar-refractivity contribution in [2.45, 2.75) is 83.0 Å². The third-order valence-electron chi connectivity index (χ3n) is 6.26. The van der Waals surface area contributed by atoms with Gasteiger partial charge in [0, 0.05) is 11.0 Å². The summed E-state index contributed by atoms with van der Waals surface area (Å²) < 4.78 is 340. The first-order valence-corrected chi connectivity index (χ1v) is 12.4. The average molecular weight is 812 g/mol. The molecular formula is C19H13F25O4S. The van der Waals surface area contributed by atoms with E-state index >= 15 is 0 Å². The van der Waals surface area contributed by atoms with E-state index in [0.717, 1.165) is 0 Å². The Bertz CT molecular complexity index is 1170. The number of thioether (sulfide) groups is 1. The lowest BCUT2D eigenvalue weighted by atomic mass is 9.82. The Morgan fingerprint density at radius 2 is 0.714 bits per heavy atom. The molecule has 2 unspecified atom stereocenters. The van der Waals surface area contributed by atoms with Crippen LogP contribution in [0.25, 0.3) is 0 Å². The van der Waals surface area contributed by atoms with Crippen LogP contribution in [0.3, 0.4) is 0 Å². The van der Waals surface area contributed by atoms with Crippen molar-refractivity contribution in [2.24, 2.45) is 5.92 Å². The van der Waals surface area contributed by atoms with E-state index in [2.05, 4.69) is 0 Å². The molecule has 0 aromatic rings. The lowest BCUT2D eigenvalue weighted by Gasteiger charge is -2.46. The number of halogens is 25. The number of aliphatic hydroxyl groups excluding tert-OH is 2. The van der Waals surface area contributed by atoms with Crippen LogP contribution in [0, 0.1) is 5.92 Å².